The Balaban J connectivity index is 2.38. The standard InChI is InChI=1S/C12H13N3O4/c13-6-9-5-10(15(17)18)1-2-12(9)14-3-4-19-8-11(14)7-16/h1-2,5,11,16H,3-4,7-8H2. The maximum absolute atomic E-state index is 10.7. The number of morpholine rings is 1. The number of anilines is 1. The topological polar surface area (TPSA) is 99.6 Å². The van der Waals surface area contributed by atoms with Crippen LogP contribution >= 0.6 is 0 Å². The minimum Gasteiger partial charge on any atom is -0.394 e. The van der Waals surface area contributed by atoms with Gasteiger partial charge < -0.3 is 14.7 Å². The second-order valence-corrected chi connectivity index (χ2v) is 4.18. The highest BCUT2D eigenvalue weighted by molar-refractivity contribution is 5.63. The number of rotatable bonds is 3. The first-order valence-electron chi connectivity index (χ1n) is 5.81. The molecular weight excluding hydrogens is 250 g/mol. The van der Waals surface area contributed by atoms with Crippen LogP contribution in [0, 0.1) is 21.4 Å². The molecule has 1 fully saturated rings. The first-order valence-corrected chi connectivity index (χ1v) is 5.81. The van der Waals surface area contributed by atoms with Gasteiger partial charge in [-0.1, -0.05) is 0 Å². The van der Waals surface area contributed by atoms with E-state index in [9.17, 15) is 15.2 Å². The average Bonchev–Trinajstić information content (AvgIpc) is 2.46. The molecule has 1 heterocycles. The number of aliphatic hydroxyl groups is 1. The Labute approximate surface area is 109 Å². The number of aliphatic hydroxyl groups excluding tert-OH is 1. The number of ether oxygens (including phenoxy) is 1. The van der Waals surface area contributed by atoms with Gasteiger partial charge in [0, 0.05) is 18.7 Å². The summed E-state index contributed by atoms with van der Waals surface area (Å²) in [5, 5.41) is 29.1. The van der Waals surface area contributed by atoms with Crippen molar-refractivity contribution < 1.29 is 14.8 Å². The van der Waals surface area contributed by atoms with Gasteiger partial charge in [-0.15, -0.1) is 0 Å². The van der Waals surface area contributed by atoms with E-state index >= 15 is 0 Å². The second kappa shape index (κ2) is 5.65. The van der Waals surface area contributed by atoms with Gasteiger partial charge in [-0.2, -0.15) is 5.26 Å². The molecule has 0 aliphatic carbocycles. The van der Waals surface area contributed by atoms with E-state index < -0.39 is 4.92 Å². The van der Waals surface area contributed by atoms with Crippen LogP contribution in [-0.4, -0.2) is 42.4 Å². The molecule has 1 saturated heterocycles. The van der Waals surface area contributed by atoms with Crippen LogP contribution in [0.25, 0.3) is 0 Å². The molecule has 1 aromatic carbocycles. The van der Waals surface area contributed by atoms with Gasteiger partial charge in [-0.3, -0.25) is 10.1 Å². The quantitative estimate of drug-likeness (QED) is 0.635. The molecule has 0 saturated carbocycles. The van der Waals surface area contributed by atoms with E-state index in [2.05, 4.69) is 0 Å². The minimum absolute atomic E-state index is 0.0954. The third-order valence-electron chi connectivity index (χ3n) is 3.06. The zero-order valence-corrected chi connectivity index (χ0v) is 10.2. The van der Waals surface area contributed by atoms with Gasteiger partial charge in [-0.25, -0.2) is 0 Å². The van der Waals surface area contributed by atoms with Gasteiger partial charge in [0.25, 0.3) is 5.69 Å². The van der Waals surface area contributed by atoms with Gasteiger partial charge >= 0.3 is 0 Å². The predicted molar refractivity (Wildman–Crippen MR) is 66.9 cm³/mol. The van der Waals surface area contributed by atoms with Crippen molar-refractivity contribution in [3.8, 4) is 6.07 Å². The van der Waals surface area contributed by atoms with Crippen molar-refractivity contribution in [3.05, 3.63) is 33.9 Å². The molecular formula is C12H13N3O4. The van der Waals surface area contributed by atoms with Gasteiger partial charge in [0.15, 0.2) is 0 Å². The molecule has 7 nitrogen and oxygen atoms in total. The Morgan fingerprint density at radius 3 is 3.05 bits per heavy atom. The number of nitriles is 1. The van der Waals surface area contributed by atoms with Crippen molar-refractivity contribution in [3.63, 3.8) is 0 Å². The lowest BCUT2D eigenvalue weighted by atomic mass is 10.1. The smallest absolute Gasteiger partial charge is 0.270 e. The van der Waals surface area contributed by atoms with E-state index in [-0.39, 0.29) is 23.9 Å². The molecule has 19 heavy (non-hydrogen) atoms. The number of nitrogens with zero attached hydrogens (tertiary/aromatic N) is 3. The van der Waals surface area contributed by atoms with E-state index in [1.54, 1.807) is 6.07 Å². The Morgan fingerprint density at radius 1 is 1.63 bits per heavy atom. The molecule has 7 heteroatoms. The summed E-state index contributed by atoms with van der Waals surface area (Å²) in [4.78, 5) is 12.0. The highest BCUT2D eigenvalue weighted by atomic mass is 16.6. The van der Waals surface area contributed by atoms with E-state index in [0.717, 1.165) is 0 Å². The molecule has 0 aromatic heterocycles. The maximum Gasteiger partial charge on any atom is 0.270 e. The lowest BCUT2D eigenvalue weighted by Crippen LogP contribution is -2.48. The van der Waals surface area contributed by atoms with Crippen LogP contribution in [-0.2, 0) is 4.74 Å². The monoisotopic (exact) mass is 263 g/mol. The van der Waals surface area contributed by atoms with Gasteiger partial charge in [-0.05, 0) is 6.07 Å². The van der Waals surface area contributed by atoms with E-state index in [0.29, 0.717) is 25.4 Å². The molecule has 1 unspecified atom stereocenters. The molecule has 1 atom stereocenters. The Kier molecular flexibility index (Phi) is 3.94. The van der Waals surface area contributed by atoms with Crippen LogP contribution < -0.4 is 4.90 Å². The molecule has 1 aliphatic rings. The molecule has 0 amide bonds. The van der Waals surface area contributed by atoms with E-state index in [4.69, 9.17) is 10.00 Å². The number of nitro groups is 1. The number of non-ortho nitro benzene ring substituents is 1. The predicted octanol–water partition coefficient (Wildman–Crippen LogP) is 0.664. The van der Waals surface area contributed by atoms with Crippen molar-refractivity contribution >= 4 is 11.4 Å². The van der Waals surface area contributed by atoms with E-state index in [1.807, 2.05) is 11.0 Å². The fourth-order valence-corrected chi connectivity index (χ4v) is 2.10. The summed E-state index contributed by atoms with van der Waals surface area (Å²) >= 11 is 0. The lowest BCUT2D eigenvalue weighted by Gasteiger charge is -2.36. The number of benzene rings is 1. The molecule has 0 bridgehead atoms. The summed E-state index contributed by atoms with van der Waals surface area (Å²) in [5.74, 6) is 0. The Morgan fingerprint density at radius 2 is 2.42 bits per heavy atom. The zero-order chi connectivity index (χ0) is 13.8. The number of hydrogen-bond acceptors (Lipinski definition) is 6. The molecule has 1 N–H and O–H groups in total. The van der Waals surface area contributed by atoms with Crippen molar-refractivity contribution in [1.82, 2.24) is 0 Å². The van der Waals surface area contributed by atoms with Crippen LogP contribution in [0.1, 0.15) is 5.56 Å². The maximum atomic E-state index is 10.7. The summed E-state index contributed by atoms with van der Waals surface area (Å²) in [7, 11) is 0. The highest BCUT2D eigenvalue weighted by Crippen LogP contribution is 2.27. The fourth-order valence-electron chi connectivity index (χ4n) is 2.10. The lowest BCUT2D eigenvalue weighted by molar-refractivity contribution is -0.384. The normalized spacial score (nSPS) is 18.9. The molecule has 1 aliphatic heterocycles. The van der Waals surface area contributed by atoms with Gasteiger partial charge in [0.05, 0.1) is 42.0 Å². The summed E-state index contributed by atoms with van der Waals surface area (Å²) in [6.07, 6.45) is 0. The Bertz CT molecular complexity index is 526. The average molecular weight is 263 g/mol. The van der Waals surface area contributed by atoms with E-state index in [1.165, 1.54) is 12.1 Å². The molecule has 2 rings (SSSR count). The molecule has 0 spiro atoms. The van der Waals surface area contributed by atoms with Crippen molar-refractivity contribution in [2.24, 2.45) is 0 Å². The van der Waals surface area contributed by atoms with Crippen molar-refractivity contribution in [2.75, 3.05) is 31.3 Å². The summed E-state index contributed by atoms with van der Waals surface area (Å²) in [6, 6.07) is 5.89. The Hall–Kier alpha value is -2.17. The first-order chi connectivity index (χ1) is 9.17. The van der Waals surface area contributed by atoms with Crippen LogP contribution in [0.4, 0.5) is 11.4 Å². The van der Waals surface area contributed by atoms with Crippen LogP contribution in [0.2, 0.25) is 0 Å². The molecule has 1 aromatic rings. The summed E-state index contributed by atoms with van der Waals surface area (Å²) in [5.41, 5.74) is 0.708. The summed E-state index contributed by atoms with van der Waals surface area (Å²) in [6.45, 7) is 1.32. The largest absolute Gasteiger partial charge is 0.394 e. The third-order valence-corrected chi connectivity index (χ3v) is 3.06. The molecule has 100 valence electrons. The summed E-state index contributed by atoms with van der Waals surface area (Å²) < 4.78 is 5.27. The highest BCUT2D eigenvalue weighted by Gasteiger charge is 2.25. The zero-order valence-electron chi connectivity index (χ0n) is 10.2. The van der Waals surface area contributed by atoms with Crippen LogP contribution in [0.15, 0.2) is 18.2 Å². The van der Waals surface area contributed by atoms with Gasteiger partial charge in [0.2, 0.25) is 0 Å². The third kappa shape index (κ3) is 2.65. The second-order valence-electron chi connectivity index (χ2n) is 4.18. The van der Waals surface area contributed by atoms with Crippen molar-refractivity contribution in [1.29, 1.82) is 5.26 Å². The first kappa shape index (κ1) is 13.3. The minimum atomic E-state index is -0.534. The van der Waals surface area contributed by atoms with Crippen LogP contribution in [0.5, 0.6) is 0 Å². The molecule has 0 radical (unpaired) electrons. The van der Waals surface area contributed by atoms with Crippen LogP contribution in [0.3, 0.4) is 0 Å². The number of nitro benzene ring substituents is 1. The fraction of sp³-hybridized carbons (Fsp3) is 0.417. The van der Waals surface area contributed by atoms with Gasteiger partial charge in [0.1, 0.15) is 6.07 Å². The number of hydrogen-bond donors (Lipinski definition) is 1. The van der Waals surface area contributed by atoms with Crippen molar-refractivity contribution in [2.45, 2.75) is 6.04 Å². The SMILES string of the molecule is N#Cc1cc([N+](=O)[O-])ccc1N1CCOCC1CO.